The molecule has 0 aliphatic rings. The second-order valence-corrected chi connectivity index (χ2v) is 8.05. The highest BCUT2D eigenvalue weighted by atomic mass is 32.1. The van der Waals surface area contributed by atoms with Crippen LogP contribution in [0.15, 0.2) is 60.9 Å². The smallest absolute Gasteiger partial charge is 0.261 e. The minimum Gasteiger partial charge on any atom is -0.342 e. The molecule has 0 saturated heterocycles. The minimum atomic E-state index is -0.275. The molecule has 0 unspecified atom stereocenters. The fourth-order valence-electron chi connectivity index (χ4n) is 3.03. The first kappa shape index (κ1) is 18.9. The molecule has 0 atom stereocenters. The standard InChI is InChI=1S/C22H20N4O2S/c1-14-4-3-11-26-13-18(25-21(14)26)16-6-8-17(9-7-16)24-20(27)12-23-22(28)19-10-5-15(2)29-19/h3-11,13H,12H2,1-2H3,(H,23,28)(H,24,27). The van der Waals surface area contributed by atoms with Gasteiger partial charge in [0.1, 0.15) is 5.65 Å². The predicted molar refractivity (Wildman–Crippen MR) is 115 cm³/mol. The SMILES string of the molecule is Cc1ccc(C(=O)NCC(=O)Nc2ccc(-c3cn4cccc(C)c4n3)cc2)s1. The zero-order valence-corrected chi connectivity index (χ0v) is 16.9. The normalized spacial score (nSPS) is 10.8. The van der Waals surface area contributed by atoms with Crippen LogP contribution < -0.4 is 10.6 Å². The van der Waals surface area contributed by atoms with Crippen molar-refractivity contribution in [2.75, 3.05) is 11.9 Å². The van der Waals surface area contributed by atoms with E-state index in [-0.39, 0.29) is 18.4 Å². The van der Waals surface area contributed by atoms with Crippen molar-refractivity contribution in [2.24, 2.45) is 0 Å². The number of pyridine rings is 1. The van der Waals surface area contributed by atoms with Gasteiger partial charge in [-0.3, -0.25) is 9.59 Å². The number of rotatable bonds is 5. The van der Waals surface area contributed by atoms with E-state index >= 15 is 0 Å². The molecule has 7 heteroatoms. The number of nitrogens with zero attached hydrogens (tertiary/aromatic N) is 2. The summed E-state index contributed by atoms with van der Waals surface area (Å²) in [4.78, 5) is 30.5. The Morgan fingerprint density at radius 2 is 1.86 bits per heavy atom. The van der Waals surface area contributed by atoms with E-state index in [9.17, 15) is 9.59 Å². The molecule has 0 bridgehead atoms. The van der Waals surface area contributed by atoms with Crippen molar-refractivity contribution in [3.63, 3.8) is 0 Å². The Hall–Kier alpha value is -3.45. The summed E-state index contributed by atoms with van der Waals surface area (Å²) in [5.41, 5.74) is 4.54. The van der Waals surface area contributed by atoms with Crippen LogP contribution in [0.5, 0.6) is 0 Å². The van der Waals surface area contributed by atoms with Crippen LogP contribution in [0.1, 0.15) is 20.1 Å². The van der Waals surface area contributed by atoms with Gasteiger partial charge >= 0.3 is 0 Å². The van der Waals surface area contributed by atoms with E-state index in [4.69, 9.17) is 0 Å². The molecule has 1 aromatic carbocycles. The van der Waals surface area contributed by atoms with E-state index in [0.29, 0.717) is 10.6 Å². The summed E-state index contributed by atoms with van der Waals surface area (Å²) >= 11 is 1.40. The van der Waals surface area contributed by atoms with Gasteiger partial charge in [0.25, 0.3) is 5.91 Å². The lowest BCUT2D eigenvalue weighted by Gasteiger charge is -2.07. The molecule has 0 aliphatic carbocycles. The van der Waals surface area contributed by atoms with Gasteiger partial charge in [0, 0.05) is 28.5 Å². The molecule has 0 radical (unpaired) electrons. The Bertz CT molecular complexity index is 1190. The summed E-state index contributed by atoms with van der Waals surface area (Å²) in [5, 5.41) is 5.43. The number of amides is 2. The van der Waals surface area contributed by atoms with E-state index in [2.05, 4.69) is 15.6 Å². The largest absolute Gasteiger partial charge is 0.342 e. The first-order chi connectivity index (χ1) is 14.0. The number of aromatic nitrogens is 2. The fourth-order valence-corrected chi connectivity index (χ4v) is 3.81. The number of carbonyl (C=O) groups is 2. The molecule has 0 saturated carbocycles. The van der Waals surface area contributed by atoms with Crippen molar-refractivity contribution in [3.05, 3.63) is 76.2 Å². The zero-order chi connectivity index (χ0) is 20.4. The lowest BCUT2D eigenvalue weighted by Crippen LogP contribution is -2.32. The first-order valence-corrected chi connectivity index (χ1v) is 10.0. The summed E-state index contributed by atoms with van der Waals surface area (Å²) < 4.78 is 2.00. The average molecular weight is 404 g/mol. The second-order valence-electron chi connectivity index (χ2n) is 6.77. The molecule has 3 heterocycles. The Kier molecular flexibility index (Phi) is 5.14. The molecular weight excluding hydrogens is 384 g/mol. The maximum absolute atomic E-state index is 12.1. The average Bonchev–Trinajstić information content (AvgIpc) is 3.34. The van der Waals surface area contributed by atoms with Gasteiger partial charge in [-0.2, -0.15) is 0 Å². The molecule has 6 nitrogen and oxygen atoms in total. The minimum absolute atomic E-state index is 0.0801. The Labute approximate surface area is 172 Å². The highest BCUT2D eigenvalue weighted by Crippen LogP contribution is 2.22. The zero-order valence-electron chi connectivity index (χ0n) is 16.1. The fraction of sp³-hybridized carbons (Fsp3) is 0.136. The van der Waals surface area contributed by atoms with Gasteiger partial charge in [0.05, 0.1) is 17.1 Å². The van der Waals surface area contributed by atoms with Crippen LogP contribution in [0.4, 0.5) is 5.69 Å². The van der Waals surface area contributed by atoms with E-state index < -0.39 is 0 Å². The predicted octanol–water partition coefficient (Wildman–Crippen LogP) is 4.05. The number of hydrogen-bond donors (Lipinski definition) is 2. The van der Waals surface area contributed by atoms with Crippen molar-refractivity contribution < 1.29 is 9.59 Å². The molecule has 3 aromatic heterocycles. The second kappa shape index (κ2) is 7.89. The molecule has 0 fully saturated rings. The highest BCUT2D eigenvalue weighted by Gasteiger charge is 2.11. The number of benzene rings is 1. The van der Waals surface area contributed by atoms with Crippen LogP contribution in [0.25, 0.3) is 16.9 Å². The summed E-state index contributed by atoms with van der Waals surface area (Å²) in [6, 6.07) is 15.1. The summed E-state index contributed by atoms with van der Waals surface area (Å²) in [7, 11) is 0. The summed E-state index contributed by atoms with van der Waals surface area (Å²) in [6.45, 7) is 3.89. The van der Waals surface area contributed by atoms with Gasteiger partial charge in [-0.25, -0.2) is 4.98 Å². The molecule has 146 valence electrons. The number of thiophene rings is 1. The lowest BCUT2D eigenvalue weighted by molar-refractivity contribution is -0.115. The van der Waals surface area contributed by atoms with Gasteiger partial charge in [-0.05, 0) is 49.7 Å². The van der Waals surface area contributed by atoms with Gasteiger partial charge < -0.3 is 15.0 Å². The highest BCUT2D eigenvalue weighted by molar-refractivity contribution is 7.13. The molecule has 2 N–H and O–H groups in total. The maximum Gasteiger partial charge on any atom is 0.261 e. The molecule has 0 aliphatic heterocycles. The molecule has 0 spiro atoms. The lowest BCUT2D eigenvalue weighted by atomic mass is 10.1. The molecule has 4 aromatic rings. The van der Waals surface area contributed by atoms with Gasteiger partial charge in [-0.1, -0.05) is 18.2 Å². The maximum atomic E-state index is 12.1. The van der Waals surface area contributed by atoms with E-state index in [1.807, 2.05) is 73.1 Å². The van der Waals surface area contributed by atoms with Gasteiger partial charge in [0.15, 0.2) is 0 Å². The molecular formula is C22H20N4O2S. The Balaban J connectivity index is 1.38. The number of aryl methyl sites for hydroxylation is 2. The van der Waals surface area contributed by atoms with Crippen LogP contribution >= 0.6 is 11.3 Å². The molecule has 4 rings (SSSR count). The van der Waals surface area contributed by atoms with E-state index in [1.54, 1.807) is 6.07 Å². The van der Waals surface area contributed by atoms with Crippen LogP contribution in [-0.2, 0) is 4.79 Å². The number of carbonyl (C=O) groups excluding carboxylic acids is 2. The van der Waals surface area contributed by atoms with E-state index in [1.165, 1.54) is 11.3 Å². The van der Waals surface area contributed by atoms with Gasteiger partial charge in [-0.15, -0.1) is 11.3 Å². The topological polar surface area (TPSA) is 75.5 Å². The van der Waals surface area contributed by atoms with Crippen molar-refractivity contribution in [2.45, 2.75) is 13.8 Å². The number of hydrogen-bond acceptors (Lipinski definition) is 4. The van der Waals surface area contributed by atoms with Crippen LogP contribution in [0.3, 0.4) is 0 Å². The number of imidazole rings is 1. The number of nitrogens with one attached hydrogen (secondary N) is 2. The Morgan fingerprint density at radius 1 is 1.07 bits per heavy atom. The van der Waals surface area contributed by atoms with Crippen molar-refractivity contribution in [3.8, 4) is 11.3 Å². The Morgan fingerprint density at radius 3 is 2.55 bits per heavy atom. The summed E-state index contributed by atoms with van der Waals surface area (Å²) in [5.74, 6) is -0.515. The van der Waals surface area contributed by atoms with Crippen LogP contribution in [0.2, 0.25) is 0 Å². The monoisotopic (exact) mass is 404 g/mol. The van der Waals surface area contributed by atoms with Crippen molar-refractivity contribution >= 4 is 34.5 Å². The van der Waals surface area contributed by atoms with Crippen LogP contribution in [-0.4, -0.2) is 27.7 Å². The first-order valence-electron chi connectivity index (χ1n) is 9.19. The molecule has 29 heavy (non-hydrogen) atoms. The quantitative estimate of drug-likeness (QED) is 0.527. The third-order valence-electron chi connectivity index (χ3n) is 4.52. The number of fused-ring (bicyclic) bond motifs is 1. The number of anilines is 1. The van der Waals surface area contributed by atoms with E-state index in [0.717, 1.165) is 27.3 Å². The summed E-state index contributed by atoms with van der Waals surface area (Å²) in [6.07, 6.45) is 3.96. The third-order valence-corrected chi connectivity index (χ3v) is 5.52. The van der Waals surface area contributed by atoms with Gasteiger partial charge in [0.2, 0.25) is 5.91 Å². The molecule has 2 amide bonds. The van der Waals surface area contributed by atoms with Crippen molar-refractivity contribution in [1.82, 2.24) is 14.7 Å². The van der Waals surface area contributed by atoms with Crippen LogP contribution in [0, 0.1) is 13.8 Å². The third kappa shape index (κ3) is 4.20. The van der Waals surface area contributed by atoms with Crippen molar-refractivity contribution in [1.29, 1.82) is 0 Å².